The van der Waals surface area contributed by atoms with Crippen molar-refractivity contribution in [2.45, 2.75) is 52.4 Å². The third-order valence-electron chi connectivity index (χ3n) is 4.11. The predicted molar refractivity (Wildman–Crippen MR) is 98.3 cm³/mol. The van der Waals surface area contributed by atoms with Crippen molar-refractivity contribution >= 4 is 5.83 Å². The van der Waals surface area contributed by atoms with Gasteiger partial charge >= 0.3 is 0 Å². The van der Waals surface area contributed by atoms with Crippen molar-refractivity contribution in [3.05, 3.63) is 76.9 Å². The van der Waals surface area contributed by atoms with E-state index in [1.807, 2.05) is 24.3 Å². The van der Waals surface area contributed by atoms with Crippen LogP contribution in [0.1, 0.15) is 55.4 Å². The fourth-order valence-electron chi connectivity index (χ4n) is 2.67. The van der Waals surface area contributed by atoms with Crippen molar-refractivity contribution in [2.75, 3.05) is 0 Å². The number of hydrogen-bond donors (Lipinski definition) is 0. The second-order valence-electron chi connectivity index (χ2n) is 6.10. The number of unbranched alkanes of at least 4 members (excludes halogenated alkanes) is 1. The van der Waals surface area contributed by atoms with Crippen molar-refractivity contribution in [1.82, 2.24) is 0 Å². The van der Waals surface area contributed by atoms with Gasteiger partial charge in [0.2, 0.25) is 0 Å². The highest BCUT2D eigenvalue weighted by Crippen LogP contribution is 2.18. The lowest BCUT2D eigenvalue weighted by Gasteiger charge is -2.05. The molecular formula is C22H27F. The largest absolute Gasteiger partial charge is 0.207 e. The summed E-state index contributed by atoms with van der Waals surface area (Å²) >= 11 is 0. The molecule has 0 radical (unpaired) electrons. The molecule has 0 atom stereocenters. The van der Waals surface area contributed by atoms with Gasteiger partial charge in [-0.25, -0.2) is 4.39 Å². The molecule has 2 aromatic rings. The summed E-state index contributed by atoms with van der Waals surface area (Å²) in [4.78, 5) is 0. The molecule has 0 bridgehead atoms. The first kappa shape index (κ1) is 17.5. The molecule has 0 saturated carbocycles. The summed E-state index contributed by atoms with van der Waals surface area (Å²) in [7, 11) is 0. The van der Waals surface area contributed by atoms with Gasteiger partial charge < -0.3 is 0 Å². The Morgan fingerprint density at radius 3 is 1.70 bits per heavy atom. The Morgan fingerprint density at radius 2 is 1.22 bits per heavy atom. The number of aryl methyl sites for hydroxylation is 3. The zero-order chi connectivity index (χ0) is 16.5. The summed E-state index contributed by atoms with van der Waals surface area (Å²) in [5.74, 6) is -0.107. The lowest BCUT2D eigenvalue weighted by Crippen LogP contribution is -1.92. The highest BCUT2D eigenvalue weighted by atomic mass is 19.1. The number of allylic oxidation sites excluding steroid dienone is 1. The molecule has 0 unspecified atom stereocenters. The molecule has 1 heteroatoms. The third kappa shape index (κ3) is 5.67. The van der Waals surface area contributed by atoms with Crippen LogP contribution in [0, 0.1) is 0 Å². The molecule has 0 fully saturated rings. The van der Waals surface area contributed by atoms with E-state index < -0.39 is 0 Å². The summed E-state index contributed by atoms with van der Waals surface area (Å²) in [5, 5.41) is 0. The SMILES string of the molecule is CCCC=C(F)c1ccc(CCc2ccc(CCC)cc2)cc1. The summed E-state index contributed by atoms with van der Waals surface area (Å²) in [6.45, 7) is 4.26. The summed E-state index contributed by atoms with van der Waals surface area (Å²) in [6, 6.07) is 16.8. The second kappa shape index (κ2) is 9.29. The number of hydrogen-bond acceptors (Lipinski definition) is 0. The fraction of sp³-hybridized carbons (Fsp3) is 0.364. The highest BCUT2D eigenvalue weighted by molar-refractivity contribution is 5.59. The first-order valence-corrected chi connectivity index (χ1v) is 8.75. The first-order valence-electron chi connectivity index (χ1n) is 8.75. The summed E-state index contributed by atoms with van der Waals surface area (Å²) in [6.07, 6.45) is 7.80. The van der Waals surface area contributed by atoms with Crippen LogP contribution in [0.4, 0.5) is 4.39 Å². The Kier molecular flexibility index (Phi) is 7.06. The molecule has 0 nitrogen and oxygen atoms in total. The molecule has 0 heterocycles. The quantitative estimate of drug-likeness (QED) is 0.519. The van der Waals surface area contributed by atoms with E-state index in [2.05, 4.69) is 38.1 Å². The summed E-state index contributed by atoms with van der Waals surface area (Å²) in [5.41, 5.74) is 4.72. The molecule has 0 spiro atoms. The van der Waals surface area contributed by atoms with E-state index in [1.165, 1.54) is 23.1 Å². The highest BCUT2D eigenvalue weighted by Gasteiger charge is 2.01. The molecule has 0 amide bonds. The van der Waals surface area contributed by atoms with Crippen molar-refractivity contribution in [3.63, 3.8) is 0 Å². The maximum Gasteiger partial charge on any atom is 0.126 e. The van der Waals surface area contributed by atoms with E-state index in [-0.39, 0.29) is 5.83 Å². The van der Waals surface area contributed by atoms with Crippen molar-refractivity contribution in [1.29, 1.82) is 0 Å². The number of benzene rings is 2. The summed E-state index contributed by atoms with van der Waals surface area (Å²) < 4.78 is 13.9. The Balaban J connectivity index is 1.91. The minimum atomic E-state index is -0.107. The van der Waals surface area contributed by atoms with Gasteiger partial charge in [-0.2, -0.15) is 0 Å². The van der Waals surface area contributed by atoms with E-state index >= 15 is 0 Å². The lowest BCUT2D eigenvalue weighted by molar-refractivity contribution is 0.750. The van der Waals surface area contributed by atoms with Crippen molar-refractivity contribution in [2.24, 2.45) is 0 Å². The van der Waals surface area contributed by atoms with Gasteiger partial charge in [-0.05, 0) is 48.4 Å². The molecule has 0 saturated heterocycles. The molecule has 0 aliphatic carbocycles. The first-order chi connectivity index (χ1) is 11.2. The van der Waals surface area contributed by atoms with Gasteiger partial charge in [0, 0.05) is 5.56 Å². The average molecular weight is 310 g/mol. The maximum atomic E-state index is 13.9. The number of rotatable bonds is 8. The Labute approximate surface area is 140 Å². The van der Waals surface area contributed by atoms with Crippen LogP contribution in [0.2, 0.25) is 0 Å². The van der Waals surface area contributed by atoms with Crippen molar-refractivity contribution in [3.8, 4) is 0 Å². The molecular weight excluding hydrogens is 283 g/mol. The Hall–Kier alpha value is -1.89. The molecule has 0 N–H and O–H groups in total. The van der Waals surface area contributed by atoms with E-state index in [0.29, 0.717) is 5.56 Å². The van der Waals surface area contributed by atoms with Crippen LogP contribution in [0.25, 0.3) is 5.83 Å². The normalized spacial score (nSPS) is 11.7. The zero-order valence-electron chi connectivity index (χ0n) is 14.3. The van der Waals surface area contributed by atoms with Gasteiger partial charge in [0.05, 0.1) is 0 Å². The smallest absolute Gasteiger partial charge is 0.126 e. The monoisotopic (exact) mass is 310 g/mol. The van der Waals surface area contributed by atoms with Crippen LogP contribution in [0.3, 0.4) is 0 Å². The van der Waals surface area contributed by atoms with Crippen LogP contribution in [0.5, 0.6) is 0 Å². The minimum absolute atomic E-state index is 0.107. The van der Waals surface area contributed by atoms with E-state index in [1.54, 1.807) is 6.08 Å². The van der Waals surface area contributed by atoms with Crippen LogP contribution in [0.15, 0.2) is 54.6 Å². The van der Waals surface area contributed by atoms with Gasteiger partial charge in [-0.3, -0.25) is 0 Å². The molecule has 0 aliphatic rings. The second-order valence-corrected chi connectivity index (χ2v) is 6.10. The van der Waals surface area contributed by atoms with Gasteiger partial charge in [0.25, 0.3) is 0 Å². The molecule has 23 heavy (non-hydrogen) atoms. The maximum absolute atomic E-state index is 13.9. The van der Waals surface area contributed by atoms with Gasteiger partial charge in [0.15, 0.2) is 0 Å². The topological polar surface area (TPSA) is 0 Å². The van der Waals surface area contributed by atoms with Crippen LogP contribution < -0.4 is 0 Å². The van der Waals surface area contributed by atoms with Crippen molar-refractivity contribution < 1.29 is 4.39 Å². The van der Waals surface area contributed by atoms with Gasteiger partial charge in [-0.15, -0.1) is 0 Å². The zero-order valence-corrected chi connectivity index (χ0v) is 14.3. The average Bonchev–Trinajstić information content (AvgIpc) is 2.60. The third-order valence-corrected chi connectivity index (χ3v) is 4.11. The number of halogens is 1. The standard InChI is InChI=1S/C22H27F/c1-3-5-7-22(23)21-16-14-20(15-17-21)13-12-19-10-8-18(6-4-2)9-11-19/h7-11,14-17H,3-6,12-13H2,1-2H3. The van der Waals surface area contributed by atoms with Crippen LogP contribution in [-0.4, -0.2) is 0 Å². The van der Waals surface area contributed by atoms with Gasteiger partial charge in [0.1, 0.15) is 5.83 Å². The molecule has 2 rings (SSSR count). The Morgan fingerprint density at radius 1 is 0.739 bits per heavy atom. The molecule has 0 aliphatic heterocycles. The van der Waals surface area contributed by atoms with Gasteiger partial charge in [-0.1, -0.05) is 75.2 Å². The Bertz CT molecular complexity index is 605. The van der Waals surface area contributed by atoms with Crippen LogP contribution >= 0.6 is 0 Å². The van der Waals surface area contributed by atoms with E-state index in [0.717, 1.165) is 32.1 Å². The lowest BCUT2D eigenvalue weighted by atomic mass is 10.0. The fourth-order valence-corrected chi connectivity index (χ4v) is 2.67. The molecule has 2 aromatic carbocycles. The molecule has 122 valence electrons. The minimum Gasteiger partial charge on any atom is -0.207 e. The van der Waals surface area contributed by atoms with E-state index in [9.17, 15) is 4.39 Å². The van der Waals surface area contributed by atoms with Crippen LogP contribution in [-0.2, 0) is 19.3 Å². The predicted octanol–water partition coefficient (Wildman–Crippen LogP) is 6.53. The van der Waals surface area contributed by atoms with E-state index in [4.69, 9.17) is 0 Å². The molecule has 0 aromatic heterocycles.